The first-order chi connectivity index (χ1) is 14.3. The molecule has 0 radical (unpaired) electrons. The first-order valence-electron chi connectivity index (χ1n) is 9.46. The standard InChI is InChI=1S/C20H22N4O4S2/c1-13-5-10-16(28-2)17-18(13)29-20(22-17)24(21)19(25)14-6-8-15(9-7-14)30(26,27)23-11-3-4-12-23/h5-10H,3-4,11-12,21H2,1-2H3. The van der Waals surface area contributed by atoms with E-state index >= 15 is 0 Å². The summed E-state index contributed by atoms with van der Waals surface area (Å²) in [7, 11) is -1.97. The molecule has 2 N–H and O–H groups in total. The number of ether oxygens (including phenoxy) is 1. The zero-order valence-electron chi connectivity index (χ0n) is 16.7. The highest BCUT2D eigenvalue weighted by molar-refractivity contribution is 7.89. The van der Waals surface area contributed by atoms with Crippen LogP contribution in [0.25, 0.3) is 10.2 Å². The van der Waals surface area contributed by atoms with Crippen LogP contribution in [-0.2, 0) is 10.0 Å². The molecule has 0 aliphatic carbocycles. The number of nitrogens with zero attached hydrogens (tertiary/aromatic N) is 3. The Morgan fingerprint density at radius 2 is 1.83 bits per heavy atom. The number of sulfonamides is 1. The molecule has 1 aromatic heterocycles. The van der Waals surface area contributed by atoms with E-state index < -0.39 is 15.9 Å². The van der Waals surface area contributed by atoms with E-state index in [1.807, 2.05) is 19.1 Å². The maximum Gasteiger partial charge on any atom is 0.274 e. The molecule has 2 aromatic carbocycles. The zero-order chi connectivity index (χ0) is 21.5. The SMILES string of the molecule is COc1ccc(C)c2sc(N(N)C(=O)c3ccc(S(=O)(=O)N4CCCC4)cc3)nc12. The van der Waals surface area contributed by atoms with Crippen molar-refractivity contribution in [1.29, 1.82) is 0 Å². The number of carbonyl (C=O) groups is 1. The molecule has 0 saturated carbocycles. The Morgan fingerprint density at radius 3 is 2.47 bits per heavy atom. The summed E-state index contributed by atoms with van der Waals surface area (Å²) in [6.45, 7) is 3.01. The van der Waals surface area contributed by atoms with E-state index in [-0.39, 0.29) is 10.5 Å². The second-order valence-electron chi connectivity index (χ2n) is 7.07. The van der Waals surface area contributed by atoms with Gasteiger partial charge in [-0.3, -0.25) is 4.79 Å². The van der Waals surface area contributed by atoms with Gasteiger partial charge in [-0.2, -0.15) is 4.31 Å². The number of hydrogen-bond donors (Lipinski definition) is 1. The van der Waals surface area contributed by atoms with Gasteiger partial charge in [0.1, 0.15) is 11.3 Å². The van der Waals surface area contributed by atoms with Crippen molar-refractivity contribution in [2.75, 3.05) is 25.2 Å². The smallest absolute Gasteiger partial charge is 0.274 e. The van der Waals surface area contributed by atoms with Gasteiger partial charge in [-0.1, -0.05) is 17.4 Å². The van der Waals surface area contributed by atoms with Crippen molar-refractivity contribution in [3.8, 4) is 5.75 Å². The Morgan fingerprint density at radius 1 is 1.17 bits per heavy atom. The molecule has 1 fully saturated rings. The van der Waals surface area contributed by atoms with Crippen LogP contribution >= 0.6 is 11.3 Å². The van der Waals surface area contributed by atoms with E-state index in [9.17, 15) is 13.2 Å². The molecule has 0 spiro atoms. The van der Waals surface area contributed by atoms with Crippen LogP contribution in [0.3, 0.4) is 0 Å². The van der Waals surface area contributed by atoms with Crippen LogP contribution in [0.1, 0.15) is 28.8 Å². The summed E-state index contributed by atoms with van der Waals surface area (Å²) in [4.78, 5) is 17.5. The molecule has 1 aliphatic rings. The number of hydrazine groups is 1. The van der Waals surface area contributed by atoms with Crippen molar-refractivity contribution in [2.24, 2.45) is 5.84 Å². The molecule has 0 unspecified atom stereocenters. The van der Waals surface area contributed by atoms with E-state index in [4.69, 9.17) is 10.6 Å². The molecule has 3 aromatic rings. The van der Waals surface area contributed by atoms with Gasteiger partial charge in [0.05, 0.1) is 16.7 Å². The van der Waals surface area contributed by atoms with Gasteiger partial charge in [-0.25, -0.2) is 24.3 Å². The number of fused-ring (bicyclic) bond motifs is 1. The third-order valence-corrected chi connectivity index (χ3v) is 8.24. The zero-order valence-corrected chi connectivity index (χ0v) is 18.3. The van der Waals surface area contributed by atoms with Crippen LogP contribution < -0.4 is 15.6 Å². The van der Waals surface area contributed by atoms with Gasteiger partial charge in [0.15, 0.2) is 0 Å². The number of amides is 1. The summed E-state index contributed by atoms with van der Waals surface area (Å²) in [5.41, 5.74) is 1.93. The van der Waals surface area contributed by atoms with E-state index in [1.54, 1.807) is 7.11 Å². The average molecular weight is 447 g/mol. The minimum Gasteiger partial charge on any atom is -0.494 e. The molecule has 2 heterocycles. The van der Waals surface area contributed by atoms with Gasteiger partial charge in [0, 0.05) is 18.7 Å². The van der Waals surface area contributed by atoms with Gasteiger partial charge in [0.2, 0.25) is 15.2 Å². The maximum atomic E-state index is 12.9. The van der Waals surface area contributed by atoms with Gasteiger partial charge < -0.3 is 4.74 Å². The van der Waals surface area contributed by atoms with Crippen molar-refractivity contribution >= 4 is 42.6 Å². The molecular formula is C20H22N4O4S2. The predicted octanol–water partition coefficient (Wildman–Crippen LogP) is 2.92. The number of anilines is 1. The Balaban J connectivity index is 1.60. The number of aryl methyl sites for hydroxylation is 1. The first kappa shape index (κ1) is 20.7. The summed E-state index contributed by atoms with van der Waals surface area (Å²) in [5, 5.41) is 1.31. The highest BCUT2D eigenvalue weighted by Gasteiger charge is 2.27. The quantitative estimate of drug-likeness (QED) is 0.367. The maximum absolute atomic E-state index is 12.9. The monoisotopic (exact) mass is 446 g/mol. The highest BCUT2D eigenvalue weighted by Crippen LogP contribution is 2.36. The third kappa shape index (κ3) is 3.56. The van der Waals surface area contributed by atoms with Crippen molar-refractivity contribution in [1.82, 2.24) is 9.29 Å². The summed E-state index contributed by atoms with van der Waals surface area (Å²) in [6, 6.07) is 9.59. The molecule has 1 saturated heterocycles. The number of rotatable bonds is 5. The van der Waals surface area contributed by atoms with Crippen LogP contribution in [0.15, 0.2) is 41.3 Å². The number of carbonyl (C=O) groups excluding carboxylic acids is 1. The lowest BCUT2D eigenvalue weighted by Crippen LogP contribution is -2.37. The number of thiazole rings is 1. The topological polar surface area (TPSA) is 106 Å². The number of hydrogen-bond acceptors (Lipinski definition) is 7. The fraction of sp³-hybridized carbons (Fsp3) is 0.300. The highest BCUT2D eigenvalue weighted by atomic mass is 32.2. The van der Waals surface area contributed by atoms with Gasteiger partial charge in [0.25, 0.3) is 5.91 Å². The van der Waals surface area contributed by atoms with Crippen LogP contribution in [0, 0.1) is 6.92 Å². The fourth-order valence-corrected chi connectivity index (χ4v) is 5.93. The number of nitrogens with two attached hydrogens (primary N) is 1. The molecule has 0 bridgehead atoms. The van der Waals surface area contributed by atoms with Crippen LogP contribution in [0.4, 0.5) is 5.13 Å². The van der Waals surface area contributed by atoms with Gasteiger partial charge in [-0.15, -0.1) is 0 Å². The Kier molecular flexibility index (Phi) is 5.49. The number of methoxy groups -OCH3 is 1. The average Bonchev–Trinajstić information content (AvgIpc) is 3.44. The predicted molar refractivity (Wildman–Crippen MR) is 116 cm³/mol. The van der Waals surface area contributed by atoms with Crippen molar-refractivity contribution < 1.29 is 17.9 Å². The van der Waals surface area contributed by atoms with Crippen molar-refractivity contribution in [2.45, 2.75) is 24.7 Å². The lowest BCUT2D eigenvalue weighted by molar-refractivity contribution is 0.0986. The second kappa shape index (κ2) is 7.95. The lowest BCUT2D eigenvalue weighted by atomic mass is 10.2. The fourth-order valence-electron chi connectivity index (χ4n) is 3.44. The lowest BCUT2D eigenvalue weighted by Gasteiger charge is -2.16. The second-order valence-corrected chi connectivity index (χ2v) is 9.99. The van der Waals surface area contributed by atoms with Crippen LogP contribution in [0.2, 0.25) is 0 Å². The van der Waals surface area contributed by atoms with E-state index in [0.29, 0.717) is 29.5 Å². The minimum absolute atomic E-state index is 0.171. The van der Waals surface area contributed by atoms with Gasteiger partial charge >= 0.3 is 0 Å². The third-order valence-electron chi connectivity index (χ3n) is 5.14. The van der Waals surface area contributed by atoms with Crippen LogP contribution in [-0.4, -0.2) is 43.8 Å². The molecule has 1 amide bonds. The molecule has 30 heavy (non-hydrogen) atoms. The molecule has 1 aliphatic heterocycles. The molecule has 10 heteroatoms. The summed E-state index contributed by atoms with van der Waals surface area (Å²) in [5.74, 6) is 6.19. The Labute approximate surface area is 178 Å². The summed E-state index contributed by atoms with van der Waals surface area (Å²) < 4.78 is 33.0. The molecule has 158 valence electrons. The van der Waals surface area contributed by atoms with Crippen LogP contribution in [0.5, 0.6) is 5.75 Å². The van der Waals surface area contributed by atoms with Crippen molar-refractivity contribution in [3.05, 3.63) is 47.5 Å². The Hall–Kier alpha value is -2.53. The summed E-state index contributed by atoms with van der Waals surface area (Å²) in [6.07, 6.45) is 1.73. The normalized spacial score (nSPS) is 14.9. The number of benzene rings is 2. The van der Waals surface area contributed by atoms with E-state index in [0.717, 1.165) is 28.1 Å². The molecule has 0 atom stereocenters. The first-order valence-corrected chi connectivity index (χ1v) is 11.7. The number of aromatic nitrogens is 1. The molecule has 8 nitrogen and oxygen atoms in total. The van der Waals surface area contributed by atoms with Crippen molar-refractivity contribution in [3.63, 3.8) is 0 Å². The van der Waals surface area contributed by atoms with E-state index in [2.05, 4.69) is 4.98 Å². The minimum atomic E-state index is -3.53. The summed E-state index contributed by atoms with van der Waals surface area (Å²) >= 11 is 1.30. The largest absolute Gasteiger partial charge is 0.494 e. The molecule has 4 rings (SSSR count). The molecular weight excluding hydrogens is 424 g/mol. The van der Waals surface area contributed by atoms with Gasteiger partial charge in [-0.05, 0) is 55.7 Å². The van der Waals surface area contributed by atoms with E-state index in [1.165, 1.54) is 39.9 Å². The Bertz CT molecular complexity index is 1200.